The third-order valence-corrected chi connectivity index (χ3v) is 3.15. The highest BCUT2D eigenvalue weighted by molar-refractivity contribution is 5.72. The van der Waals surface area contributed by atoms with Crippen LogP contribution in [0.25, 0.3) is 0 Å². The molecule has 6 nitrogen and oxygen atoms in total. The van der Waals surface area contributed by atoms with Gasteiger partial charge >= 0.3 is 5.69 Å². The highest BCUT2D eigenvalue weighted by Crippen LogP contribution is 2.27. The van der Waals surface area contributed by atoms with E-state index >= 15 is 0 Å². The van der Waals surface area contributed by atoms with Crippen molar-refractivity contribution in [2.75, 3.05) is 11.9 Å². The number of aromatic amines is 1. The Kier molecular flexibility index (Phi) is 4.19. The van der Waals surface area contributed by atoms with Gasteiger partial charge in [0.15, 0.2) is 5.69 Å². The van der Waals surface area contributed by atoms with Gasteiger partial charge in [-0.15, -0.1) is 0 Å². The topological polar surface area (TPSA) is 79.2 Å². The Balaban J connectivity index is 2.32. The number of aliphatic imine (C=N–C) groups is 1. The van der Waals surface area contributed by atoms with Gasteiger partial charge in [-0.2, -0.15) is 0 Å². The maximum Gasteiger partial charge on any atom is 0.329 e. The van der Waals surface area contributed by atoms with Gasteiger partial charge in [-0.3, -0.25) is 19.3 Å². The summed E-state index contributed by atoms with van der Waals surface area (Å²) in [5.74, 6) is 0.915. The normalized spacial score (nSPS) is 15.1. The molecule has 1 aliphatic carbocycles. The van der Waals surface area contributed by atoms with Crippen LogP contribution in [-0.2, 0) is 7.05 Å². The largest absolute Gasteiger partial charge is 0.370 e. The van der Waals surface area contributed by atoms with Gasteiger partial charge in [-0.25, -0.2) is 4.79 Å². The minimum Gasteiger partial charge on any atom is -0.370 e. The monoisotopic (exact) mass is 264 g/mol. The minimum atomic E-state index is -0.422. The Morgan fingerprint density at radius 1 is 1.47 bits per heavy atom. The van der Waals surface area contributed by atoms with Crippen LogP contribution in [0.3, 0.4) is 0 Å². The first-order chi connectivity index (χ1) is 9.13. The molecule has 1 aliphatic rings. The standard InChI is InChI=1S/C13H20N4O2/c1-3-4-7-14-11-10(15-8-9-5-6-9)12(18)17(2)13(19)16-11/h8-9,14H,3-7H2,1-2H3,(H,16,19). The Labute approximate surface area is 111 Å². The molecule has 1 heterocycles. The molecular weight excluding hydrogens is 244 g/mol. The fourth-order valence-electron chi connectivity index (χ4n) is 1.67. The van der Waals surface area contributed by atoms with Crippen molar-refractivity contribution < 1.29 is 0 Å². The molecule has 6 heteroatoms. The van der Waals surface area contributed by atoms with E-state index in [9.17, 15) is 9.59 Å². The van der Waals surface area contributed by atoms with Crippen molar-refractivity contribution in [2.24, 2.45) is 18.0 Å². The maximum absolute atomic E-state index is 12.1. The second-order valence-corrected chi connectivity index (χ2v) is 4.91. The molecule has 0 amide bonds. The van der Waals surface area contributed by atoms with Crippen LogP contribution in [-0.4, -0.2) is 22.3 Å². The zero-order chi connectivity index (χ0) is 13.8. The summed E-state index contributed by atoms with van der Waals surface area (Å²) in [5.41, 5.74) is -0.487. The molecule has 1 fully saturated rings. The number of hydrogen-bond acceptors (Lipinski definition) is 4. The summed E-state index contributed by atoms with van der Waals surface area (Å²) >= 11 is 0. The molecule has 2 N–H and O–H groups in total. The number of hydrogen-bond donors (Lipinski definition) is 2. The van der Waals surface area contributed by atoms with Gasteiger partial charge in [-0.05, 0) is 25.2 Å². The van der Waals surface area contributed by atoms with E-state index in [1.807, 2.05) is 0 Å². The molecule has 0 aromatic carbocycles. The molecule has 0 spiro atoms. The van der Waals surface area contributed by atoms with Gasteiger partial charge in [0.1, 0.15) is 5.82 Å². The summed E-state index contributed by atoms with van der Waals surface area (Å²) in [4.78, 5) is 30.6. The van der Waals surface area contributed by atoms with Crippen molar-refractivity contribution in [1.29, 1.82) is 0 Å². The molecule has 1 aromatic rings. The van der Waals surface area contributed by atoms with Crippen LogP contribution in [0.15, 0.2) is 14.6 Å². The third-order valence-electron chi connectivity index (χ3n) is 3.15. The van der Waals surface area contributed by atoms with Crippen molar-refractivity contribution in [2.45, 2.75) is 32.6 Å². The van der Waals surface area contributed by atoms with Gasteiger partial charge in [0.05, 0.1) is 0 Å². The first-order valence-corrected chi connectivity index (χ1v) is 6.74. The summed E-state index contributed by atoms with van der Waals surface area (Å²) in [5, 5.41) is 3.08. The predicted octanol–water partition coefficient (Wildman–Crippen LogP) is 1.40. The highest BCUT2D eigenvalue weighted by atomic mass is 16.2. The number of aromatic nitrogens is 2. The van der Waals surface area contributed by atoms with E-state index in [0.717, 1.165) is 30.3 Å². The lowest BCUT2D eigenvalue weighted by Crippen LogP contribution is -2.33. The van der Waals surface area contributed by atoms with Crippen LogP contribution >= 0.6 is 0 Å². The number of H-pyrrole nitrogens is 1. The molecule has 0 bridgehead atoms. The molecule has 0 radical (unpaired) electrons. The van der Waals surface area contributed by atoms with Gasteiger partial charge < -0.3 is 5.32 Å². The molecule has 1 aromatic heterocycles. The number of nitrogens with one attached hydrogen (secondary N) is 2. The number of nitrogens with zero attached hydrogens (tertiary/aromatic N) is 2. The zero-order valence-electron chi connectivity index (χ0n) is 11.4. The van der Waals surface area contributed by atoms with Crippen LogP contribution in [0.5, 0.6) is 0 Å². The van der Waals surface area contributed by atoms with E-state index in [2.05, 4.69) is 22.2 Å². The molecular formula is C13H20N4O2. The lowest BCUT2D eigenvalue weighted by Gasteiger charge is -2.09. The molecule has 104 valence electrons. The van der Waals surface area contributed by atoms with Crippen molar-refractivity contribution >= 4 is 17.7 Å². The van der Waals surface area contributed by atoms with Gasteiger partial charge in [0.25, 0.3) is 5.56 Å². The molecule has 19 heavy (non-hydrogen) atoms. The number of rotatable bonds is 6. The SMILES string of the molecule is CCCCNc1[nH]c(=O)n(C)c(=O)c1N=CC1CC1. The molecule has 0 unspecified atom stereocenters. The lowest BCUT2D eigenvalue weighted by molar-refractivity contribution is 0.771. The maximum atomic E-state index is 12.1. The number of anilines is 1. The average molecular weight is 264 g/mol. The second kappa shape index (κ2) is 5.86. The summed E-state index contributed by atoms with van der Waals surface area (Å²) in [6.45, 7) is 2.80. The lowest BCUT2D eigenvalue weighted by atomic mass is 10.3. The van der Waals surface area contributed by atoms with Crippen LogP contribution in [0.2, 0.25) is 0 Å². The van der Waals surface area contributed by atoms with E-state index in [1.165, 1.54) is 7.05 Å². The van der Waals surface area contributed by atoms with Crippen molar-refractivity contribution in [3.05, 3.63) is 20.8 Å². The van der Waals surface area contributed by atoms with Crippen LogP contribution in [0.4, 0.5) is 11.5 Å². The van der Waals surface area contributed by atoms with Crippen LogP contribution in [0, 0.1) is 5.92 Å². The van der Waals surface area contributed by atoms with Crippen LogP contribution in [0.1, 0.15) is 32.6 Å². The van der Waals surface area contributed by atoms with Gasteiger partial charge in [0.2, 0.25) is 0 Å². The van der Waals surface area contributed by atoms with Gasteiger partial charge in [-0.1, -0.05) is 13.3 Å². The smallest absolute Gasteiger partial charge is 0.329 e. The molecule has 0 saturated heterocycles. The molecule has 1 saturated carbocycles. The van der Waals surface area contributed by atoms with E-state index in [-0.39, 0.29) is 5.56 Å². The van der Waals surface area contributed by atoms with E-state index < -0.39 is 5.69 Å². The van der Waals surface area contributed by atoms with E-state index in [1.54, 1.807) is 6.21 Å². The van der Waals surface area contributed by atoms with E-state index in [0.29, 0.717) is 24.0 Å². The summed E-state index contributed by atoms with van der Waals surface area (Å²) in [7, 11) is 1.45. The summed E-state index contributed by atoms with van der Waals surface area (Å²) in [6, 6.07) is 0. The van der Waals surface area contributed by atoms with Crippen molar-refractivity contribution in [1.82, 2.24) is 9.55 Å². The minimum absolute atomic E-state index is 0.296. The Morgan fingerprint density at radius 2 is 2.21 bits per heavy atom. The van der Waals surface area contributed by atoms with E-state index in [4.69, 9.17) is 0 Å². The van der Waals surface area contributed by atoms with Crippen LogP contribution < -0.4 is 16.6 Å². The molecule has 2 rings (SSSR count). The fraction of sp³-hybridized carbons (Fsp3) is 0.615. The summed E-state index contributed by atoms with van der Waals surface area (Å²) < 4.78 is 1.05. The van der Waals surface area contributed by atoms with Crippen molar-refractivity contribution in [3.63, 3.8) is 0 Å². The second-order valence-electron chi connectivity index (χ2n) is 4.91. The predicted molar refractivity (Wildman–Crippen MR) is 76.6 cm³/mol. The first-order valence-electron chi connectivity index (χ1n) is 6.74. The summed E-state index contributed by atoms with van der Waals surface area (Å²) in [6.07, 6.45) is 6.09. The highest BCUT2D eigenvalue weighted by Gasteiger charge is 2.19. The first kappa shape index (κ1) is 13.6. The Bertz CT molecular complexity index is 581. The molecule has 0 aliphatic heterocycles. The third kappa shape index (κ3) is 3.33. The zero-order valence-corrected chi connectivity index (χ0v) is 11.4. The Hall–Kier alpha value is -1.85. The van der Waals surface area contributed by atoms with Crippen molar-refractivity contribution in [3.8, 4) is 0 Å². The quantitative estimate of drug-likeness (QED) is 0.602. The fourth-order valence-corrected chi connectivity index (χ4v) is 1.67. The number of unbranched alkanes of at least 4 members (excludes halogenated alkanes) is 1. The average Bonchev–Trinajstić information content (AvgIpc) is 3.20. The van der Waals surface area contributed by atoms with Gasteiger partial charge in [0, 0.05) is 19.8 Å². The Morgan fingerprint density at radius 3 is 2.84 bits per heavy atom. The molecule has 0 atom stereocenters.